The van der Waals surface area contributed by atoms with Crippen LogP contribution >= 0.6 is 11.6 Å². The van der Waals surface area contributed by atoms with Crippen LogP contribution in [0.4, 0.5) is 5.69 Å². The van der Waals surface area contributed by atoms with Gasteiger partial charge in [0.15, 0.2) is 0 Å². The van der Waals surface area contributed by atoms with E-state index in [-0.39, 0.29) is 6.61 Å². The molecule has 5 heteroatoms. The number of benzene rings is 2. The summed E-state index contributed by atoms with van der Waals surface area (Å²) in [5.74, 6) is 0. The van der Waals surface area contributed by atoms with Gasteiger partial charge in [-0.1, -0.05) is 23.7 Å². The fourth-order valence-corrected chi connectivity index (χ4v) is 2.93. The van der Waals surface area contributed by atoms with E-state index in [1.165, 1.54) is 0 Å². The predicted octanol–water partition coefficient (Wildman–Crippen LogP) is 3.15. The molecule has 2 aromatic carbocycles. The Morgan fingerprint density at radius 2 is 1.96 bits per heavy atom. The van der Waals surface area contributed by atoms with Gasteiger partial charge in [-0.15, -0.1) is 0 Å². The number of rotatable bonds is 4. The summed E-state index contributed by atoms with van der Waals surface area (Å²) in [6.45, 7) is -0.0605. The molecule has 0 aliphatic rings. The summed E-state index contributed by atoms with van der Waals surface area (Å²) in [5, 5.41) is 10.7. The summed E-state index contributed by atoms with van der Waals surface area (Å²) < 4.78 is 5.41. The number of halogens is 1. The Labute approximate surface area is 138 Å². The Morgan fingerprint density at radius 3 is 2.70 bits per heavy atom. The third-order valence-corrected chi connectivity index (χ3v) is 4.01. The minimum Gasteiger partial charge on any atom is -0.423 e. The fourth-order valence-electron chi connectivity index (χ4n) is 2.76. The molecule has 1 aromatic heterocycles. The summed E-state index contributed by atoms with van der Waals surface area (Å²) in [6.07, 6.45) is 0.755. The van der Waals surface area contributed by atoms with Crippen LogP contribution in [0.3, 0.4) is 0 Å². The first kappa shape index (κ1) is 15.6. The molecule has 0 fully saturated rings. The van der Waals surface area contributed by atoms with Crippen LogP contribution in [0, 0.1) is 0 Å². The van der Waals surface area contributed by atoms with E-state index in [0.717, 1.165) is 16.5 Å². The third-order valence-electron chi connectivity index (χ3n) is 3.77. The van der Waals surface area contributed by atoms with Crippen molar-refractivity contribution in [3.05, 3.63) is 74.6 Å². The maximum absolute atomic E-state index is 12.4. The van der Waals surface area contributed by atoms with Crippen LogP contribution in [0.15, 0.2) is 51.7 Å². The number of hydrogen-bond donors (Lipinski definition) is 2. The number of hydrogen-bond acceptors (Lipinski definition) is 4. The van der Waals surface area contributed by atoms with Crippen LogP contribution in [-0.4, -0.2) is 11.7 Å². The first-order chi connectivity index (χ1) is 11.1. The lowest BCUT2D eigenvalue weighted by Gasteiger charge is -2.11. The number of nitrogens with two attached hydrogens (primary N) is 1. The van der Waals surface area contributed by atoms with Gasteiger partial charge in [-0.25, -0.2) is 4.79 Å². The van der Waals surface area contributed by atoms with E-state index < -0.39 is 5.63 Å². The normalized spacial score (nSPS) is 11.0. The fraction of sp³-hybridized carbons (Fsp3) is 0.167. The largest absolute Gasteiger partial charge is 0.423 e. The van der Waals surface area contributed by atoms with E-state index in [9.17, 15) is 9.90 Å². The van der Waals surface area contributed by atoms with Crippen LogP contribution in [0.5, 0.6) is 0 Å². The van der Waals surface area contributed by atoms with Crippen molar-refractivity contribution in [2.24, 2.45) is 0 Å². The number of anilines is 1. The molecule has 0 aliphatic heterocycles. The van der Waals surface area contributed by atoms with Crippen molar-refractivity contribution < 1.29 is 9.52 Å². The summed E-state index contributed by atoms with van der Waals surface area (Å²) in [4.78, 5) is 12.4. The molecule has 1 heterocycles. The van der Waals surface area contributed by atoms with Gasteiger partial charge >= 0.3 is 5.63 Å². The van der Waals surface area contributed by atoms with E-state index in [1.807, 2.05) is 18.2 Å². The molecule has 3 rings (SSSR count). The Morgan fingerprint density at radius 1 is 1.13 bits per heavy atom. The zero-order valence-corrected chi connectivity index (χ0v) is 13.1. The molecule has 3 aromatic rings. The topological polar surface area (TPSA) is 76.5 Å². The molecule has 0 atom stereocenters. The average molecular weight is 330 g/mol. The smallest absolute Gasteiger partial charge is 0.340 e. The molecule has 23 heavy (non-hydrogen) atoms. The van der Waals surface area contributed by atoms with Gasteiger partial charge in [0.2, 0.25) is 0 Å². The molecular weight excluding hydrogens is 314 g/mol. The standard InChI is InChI=1S/C18H16ClNO3/c19-12-4-5-17-15(10-12)14(6-7-21)16(18(22)23-17)9-11-2-1-3-13(20)8-11/h1-5,8,10,21H,6-7,9,20H2. The van der Waals surface area contributed by atoms with Crippen molar-refractivity contribution in [3.8, 4) is 0 Å². The zero-order chi connectivity index (χ0) is 16.4. The molecule has 118 valence electrons. The highest BCUT2D eigenvalue weighted by atomic mass is 35.5. The number of nitrogen functional groups attached to an aromatic ring is 1. The first-order valence-corrected chi connectivity index (χ1v) is 7.65. The quantitative estimate of drug-likeness (QED) is 0.569. The molecule has 0 amide bonds. The molecule has 0 unspecified atom stereocenters. The Hall–Kier alpha value is -2.30. The van der Waals surface area contributed by atoms with Crippen LogP contribution in [0.25, 0.3) is 11.0 Å². The number of fused-ring (bicyclic) bond motifs is 1. The van der Waals surface area contributed by atoms with E-state index in [2.05, 4.69) is 0 Å². The molecule has 0 aliphatic carbocycles. The lowest BCUT2D eigenvalue weighted by Crippen LogP contribution is -2.14. The molecule has 0 bridgehead atoms. The Bertz CT molecular complexity index is 918. The van der Waals surface area contributed by atoms with Crippen molar-refractivity contribution >= 4 is 28.3 Å². The van der Waals surface area contributed by atoms with E-state index >= 15 is 0 Å². The number of aliphatic hydroxyl groups is 1. The van der Waals surface area contributed by atoms with E-state index in [4.69, 9.17) is 21.8 Å². The summed E-state index contributed by atoms with van der Waals surface area (Å²) in [6, 6.07) is 12.5. The SMILES string of the molecule is Nc1cccc(Cc2c(CCO)c3cc(Cl)ccc3oc2=O)c1. The van der Waals surface area contributed by atoms with Crippen molar-refractivity contribution in [1.29, 1.82) is 0 Å². The van der Waals surface area contributed by atoms with Crippen LogP contribution in [0.1, 0.15) is 16.7 Å². The molecule has 0 saturated carbocycles. The van der Waals surface area contributed by atoms with E-state index in [1.54, 1.807) is 24.3 Å². The van der Waals surface area contributed by atoms with E-state index in [0.29, 0.717) is 34.7 Å². The molecular formula is C18H16ClNO3. The summed E-state index contributed by atoms with van der Waals surface area (Å²) in [5.41, 5.74) is 8.72. The lowest BCUT2D eigenvalue weighted by atomic mass is 9.96. The van der Waals surface area contributed by atoms with Crippen molar-refractivity contribution in [2.75, 3.05) is 12.3 Å². The van der Waals surface area contributed by atoms with Crippen molar-refractivity contribution in [2.45, 2.75) is 12.8 Å². The van der Waals surface area contributed by atoms with Gasteiger partial charge in [0.25, 0.3) is 0 Å². The highest BCUT2D eigenvalue weighted by Gasteiger charge is 2.15. The second kappa shape index (κ2) is 6.44. The van der Waals surface area contributed by atoms with Crippen LogP contribution in [0.2, 0.25) is 5.02 Å². The van der Waals surface area contributed by atoms with Gasteiger partial charge in [0, 0.05) is 34.7 Å². The lowest BCUT2D eigenvalue weighted by molar-refractivity contribution is 0.299. The predicted molar refractivity (Wildman–Crippen MR) is 91.9 cm³/mol. The Balaban J connectivity index is 2.20. The first-order valence-electron chi connectivity index (χ1n) is 7.28. The minimum absolute atomic E-state index is 0.0605. The maximum atomic E-state index is 12.4. The highest BCUT2D eigenvalue weighted by molar-refractivity contribution is 6.31. The second-order valence-electron chi connectivity index (χ2n) is 5.38. The molecule has 0 radical (unpaired) electrons. The second-order valence-corrected chi connectivity index (χ2v) is 5.82. The average Bonchev–Trinajstić information content (AvgIpc) is 2.51. The van der Waals surface area contributed by atoms with Gasteiger partial charge in [0.1, 0.15) is 5.58 Å². The molecule has 0 spiro atoms. The Kier molecular flexibility index (Phi) is 4.37. The zero-order valence-electron chi connectivity index (χ0n) is 12.4. The van der Waals surface area contributed by atoms with Gasteiger partial charge < -0.3 is 15.3 Å². The monoisotopic (exact) mass is 329 g/mol. The van der Waals surface area contributed by atoms with Gasteiger partial charge in [-0.05, 0) is 47.9 Å². The molecule has 3 N–H and O–H groups in total. The summed E-state index contributed by atoms with van der Waals surface area (Å²) in [7, 11) is 0. The van der Waals surface area contributed by atoms with Crippen LogP contribution in [-0.2, 0) is 12.8 Å². The summed E-state index contributed by atoms with van der Waals surface area (Å²) >= 11 is 6.07. The van der Waals surface area contributed by atoms with Crippen LogP contribution < -0.4 is 11.4 Å². The minimum atomic E-state index is -0.398. The van der Waals surface area contributed by atoms with Gasteiger partial charge in [-0.2, -0.15) is 0 Å². The molecule has 0 saturated heterocycles. The highest BCUT2D eigenvalue weighted by Crippen LogP contribution is 2.25. The molecule has 4 nitrogen and oxygen atoms in total. The third kappa shape index (κ3) is 3.23. The number of aliphatic hydroxyl groups excluding tert-OH is 1. The van der Waals surface area contributed by atoms with Crippen molar-refractivity contribution in [3.63, 3.8) is 0 Å². The van der Waals surface area contributed by atoms with Crippen molar-refractivity contribution in [1.82, 2.24) is 0 Å². The van der Waals surface area contributed by atoms with Gasteiger partial charge in [-0.3, -0.25) is 0 Å². The maximum Gasteiger partial charge on any atom is 0.340 e. The van der Waals surface area contributed by atoms with Gasteiger partial charge in [0.05, 0.1) is 0 Å².